The first-order valence-corrected chi connectivity index (χ1v) is 4.07. The van der Waals surface area contributed by atoms with Crippen molar-refractivity contribution in [2.45, 2.75) is 13.3 Å². The summed E-state index contributed by atoms with van der Waals surface area (Å²) in [5.41, 5.74) is 7.16. The first kappa shape index (κ1) is 9.00. The molecule has 1 aromatic rings. The van der Waals surface area contributed by atoms with Gasteiger partial charge in [0.15, 0.2) is 0 Å². The smallest absolute Gasteiger partial charge is 0.119 e. The molecule has 3 N–H and O–H groups in total. The molecule has 3 heteroatoms. The summed E-state index contributed by atoms with van der Waals surface area (Å²) in [6.45, 7) is 1.92. The fraction of sp³-hybridized carbons (Fsp3) is 0.222. The van der Waals surface area contributed by atoms with Crippen molar-refractivity contribution in [3.63, 3.8) is 0 Å². The van der Waals surface area contributed by atoms with Crippen molar-refractivity contribution in [1.29, 1.82) is 0 Å². The fourth-order valence-electron chi connectivity index (χ4n) is 1.01. The molecule has 0 saturated carbocycles. The number of aromatic hydroxyl groups is 1. The third-order valence-corrected chi connectivity index (χ3v) is 1.75. The molecule has 0 amide bonds. The molecule has 0 aromatic heterocycles. The molecular formula is C9H11NOS. The Labute approximate surface area is 77.0 Å². The van der Waals surface area contributed by atoms with Crippen molar-refractivity contribution in [1.82, 2.24) is 0 Å². The van der Waals surface area contributed by atoms with Crippen LogP contribution in [0.15, 0.2) is 18.2 Å². The minimum Gasteiger partial charge on any atom is -0.508 e. The predicted octanol–water partition coefficient (Wildman–Crippen LogP) is 1.53. The van der Waals surface area contributed by atoms with E-state index in [1.807, 2.05) is 19.1 Å². The van der Waals surface area contributed by atoms with E-state index >= 15 is 0 Å². The summed E-state index contributed by atoms with van der Waals surface area (Å²) < 4.78 is 0. The van der Waals surface area contributed by atoms with E-state index in [1.54, 1.807) is 6.07 Å². The maximum atomic E-state index is 9.43. The third kappa shape index (κ3) is 2.20. The van der Waals surface area contributed by atoms with E-state index in [0.29, 0.717) is 11.4 Å². The third-order valence-electron chi connectivity index (χ3n) is 1.61. The van der Waals surface area contributed by atoms with E-state index in [4.69, 9.17) is 18.0 Å². The zero-order valence-electron chi connectivity index (χ0n) is 6.87. The molecule has 1 rings (SSSR count). The van der Waals surface area contributed by atoms with Gasteiger partial charge in [0.25, 0.3) is 0 Å². The lowest BCUT2D eigenvalue weighted by Crippen LogP contribution is -2.11. The molecule has 0 saturated heterocycles. The summed E-state index contributed by atoms with van der Waals surface area (Å²) in [6.07, 6.45) is 0.460. The van der Waals surface area contributed by atoms with Crippen LogP contribution in [0.5, 0.6) is 5.75 Å². The van der Waals surface area contributed by atoms with Crippen molar-refractivity contribution >= 4 is 17.2 Å². The van der Waals surface area contributed by atoms with Gasteiger partial charge in [0.1, 0.15) is 5.75 Å². The second-order valence-electron chi connectivity index (χ2n) is 2.78. The van der Waals surface area contributed by atoms with Gasteiger partial charge < -0.3 is 10.8 Å². The van der Waals surface area contributed by atoms with Crippen LogP contribution in [-0.4, -0.2) is 10.1 Å². The van der Waals surface area contributed by atoms with E-state index in [2.05, 4.69) is 0 Å². The molecule has 0 aliphatic heterocycles. The lowest BCUT2D eigenvalue weighted by Gasteiger charge is -2.03. The van der Waals surface area contributed by atoms with E-state index in [-0.39, 0.29) is 5.75 Å². The molecule has 0 spiro atoms. The van der Waals surface area contributed by atoms with Gasteiger partial charge in [-0.05, 0) is 18.6 Å². The van der Waals surface area contributed by atoms with Crippen LogP contribution in [0.25, 0.3) is 0 Å². The van der Waals surface area contributed by atoms with Crippen molar-refractivity contribution in [3.05, 3.63) is 29.3 Å². The maximum Gasteiger partial charge on any atom is 0.119 e. The minimum atomic E-state index is 0.266. The monoisotopic (exact) mass is 181 g/mol. The number of benzene rings is 1. The molecule has 2 nitrogen and oxygen atoms in total. The molecule has 12 heavy (non-hydrogen) atoms. The van der Waals surface area contributed by atoms with Crippen LogP contribution in [0.1, 0.15) is 11.1 Å². The molecule has 1 aromatic carbocycles. The van der Waals surface area contributed by atoms with Gasteiger partial charge in [-0.15, -0.1) is 0 Å². The van der Waals surface area contributed by atoms with Gasteiger partial charge in [0, 0.05) is 12.0 Å². The molecule has 0 radical (unpaired) electrons. The van der Waals surface area contributed by atoms with Gasteiger partial charge in [-0.3, -0.25) is 0 Å². The number of phenols is 1. The molecule has 64 valence electrons. The molecular weight excluding hydrogens is 170 g/mol. The molecule has 0 aliphatic carbocycles. The van der Waals surface area contributed by atoms with Gasteiger partial charge in [0.05, 0.1) is 4.99 Å². The van der Waals surface area contributed by atoms with E-state index in [0.717, 1.165) is 11.1 Å². The van der Waals surface area contributed by atoms with Crippen LogP contribution in [-0.2, 0) is 6.42 Å². The minimum absolute atomic E-state index is 0.266. The number of hydrogen-bond acceptors (Lipinski definition) is 2. The van der Waals surface area contributed by atoms with Crippen LogP contribution >= 0.6 is 12.2 Å². The van der Waals surface area contributed by atoms with Crippen LogP contribution in [0.2, 0.25) is 0 Å². The average Bonchev–Trinajstić information content (AvgIpc) is 1.94. The van der Waals surface area contributed by atoms with Gasteiger partial charge in [-0.2, -0.15) is 0 Å². The second kappa shape index (κ2) is 3.54. The van der Waals surface area contributed by atoms with Crippen molar-refractivity contribution < 1.29 is 5.11 Å². The first-order chi connectivity index (χ1) is 5.59. The van der Waals surface area contributed by atoms with Crippen molar-refractivity contribution in [2.75, 3.05) is 0 Å². The molecule has 0 heterocycles. The second-order valence-corrected chi connectivity index (χ2v) is 3.30. The Balaban J connectivity index is 2.93. The summed E-state index contributed by atoms with van der Waals surface area (Å²) >= 11 is 4.74. The van der Waals surface area contributed by atoms with Crippen molar-refractivity contribution in [3.8, 4) is 5.75 Å². The molecule has 0 bridgehead atoms. The molecule has 0 unspecified atom stereocenters. The van der Waals surface area contributed by atoms with E-state index < -0.39 is 0 Å². The maximum absolute atomic E-state index is 9.43. The van der Waals surface area contributed by atoms with Crippen LogP contribution in [0, 0.1) is 6.92 Å². The Morgan fingerprint density at radius 2 is 2.25 bits per heavy atom. The topological polar surface area (TPSA) is 46.2 Å². The Morgan fingerprint density at radius 3 is 2.75 bits per heavy atom. The normalized spacial score (nSPS) is 9.75. The predicted molar refractivity (Wildman–Crippen MR) is 53.3 cm³/mol. The van der Waals surface area contributed by atoms with Gasteiger partial charge in [0.2, 0.25) is 0 Å². The lowest BCUT2D eigenvalue weighted by molar-refractivity contribution is 0.469. The SMILES string of the molecule is Cc1ccc(CC(N)=S)c(O)c1. The van der Waals surface area contributed by atoms with Gasteiger partial charge >= 0.3 is 0 Å². The summed E-state index contributed by atoms with van der Waals surface area (Å²) in [6, 6.07) is 5.46. The zero-order valence-corrected chi connectivity index (χ0v) is 7.69. The number of nitrogens with two attached hydrogens (primary N) is 1. The Bertz CT molecular complexity index is 309. The Kier molecular flexibility index (Phi) is 2.65. The lowest BCUT2D eigenvalue weighted by atomic mass is 10.1. The van der Waals surface area contributed by atoms with Crippen LogP contribution < -0.4 is 5.73 Å². The fourth-order valence-corrected chi connectivity index (χ4v) is 1.17. The van der Waals surface area contributed by atoms with Gasteiger partial charge in [-0.1, -0.05) is 24.4 Å². The van der Waals surface area contributed by atoms with E-state index in [9.17, 15) is 5.11 Å². The van der Waals surface area contributed by atoms with Crippen molar-refractivity contribution in [2.24, 2.45) is 5.73 Å². The largest absolute Gasteiger partial charge is 0.508 e. The zero-order chi connectivity index (χ0) is 9.14. The number of phenolic OH excluding ortho intramolecular Hbond substituents is 1. The number of rotatable bonds is 2. The summed E-state index contributed by atoms with van der Waals surface area (Å²) in [7, 11) is 0. The number of thiocarbonyl (C=S) groups is 1. The Morgan fingerprint density at radius 1 is 1.58 bits per heavy atom. The summed E-state index contributed by atoms with van der Waals surface area (Å²) in [5.74, 6) is 0.266. The highest BCUT2D eigenvalue weighted by atomic mass is 32.1. The van der Waals surface area contributed by atoms with Crippen LogP contribution in [0.4, 0.5) is 0 Å². The highest BCUT2D eigenvalue weighted by Crippen LogP contribution is 2.18. The Hall–Kier alpha value is -1.09. The molecule has 0 atom stereocenters. The number of aryl methyl sites for hydroxylation is 1. The van der Waals surface area contributed by atoms with Crippen LogP contribution in [0.3, 0.4) is 0 Å². The number of hydrogen-bond donors (Lipinski definition) is 2. The quantitative estimate of drug-likeness (QED) is 0.680. The highest BCUT2D eigenvalue weighted by molar-refractivity contribution is 7.80. The van der Waals surface area contributed by atoms with Gasteiger partial charge in [-0.25, -0.2) is 0 Å². The average molecular weight is 181 g/mol. The summed E-state index contributed by atoms with van der Waals surface area (Å²) in [5, 5.41) is 9.43. The first-order valence-electron chi connectivity index (χ1n) is 3.66. The molecule has 0 aliphatic rings. The molecule has 0 fully saturated rings. The summed E-state index contributed by atoms with van der Waals surface area (Å²) in [4.78, 5) is 0.397. The standard InChI is InChI=1S/C9H11NOS/c1-6-2-3-7(5-9(10)12)8(11)4-6/h2-4,11H,5H2,1H3,(H2,10,12). The highest BCUT2D eigenvalue weighted by Gasteiger charge is 2.01. The van der Waals surface area contributed by atoms with E-state index in [1.165, 1.54) is 0 Å².